The highest BCUT2D eigenvalue weighted by molar-refractivity contribution is 7.09. The first-order chi connectivity index (χ1) is 18.5. The van der Waals surface area contributed by atoms with Crippen molar-refractivity contribution >= 4 is 33.5 Å². The molecule has 9 nitrogen and oxygen atoms in total. The summed E-state index contributed by atoms with van der Waals surface area (Å²) >= 11 is 0. The molecule has 0 saturated carbocycles. The van der Waals surface area contributed by atoms with Crippen molar-refractivity contribution in [3.63, 3.8) is 0 Å². The van der Waals surface area contributed by atoms with Gasteiger partial charge in [0, 0.05) is 44.1 Å². The molecule has 0 aromatic heterocycles. The van der Waals surface area contributed by atoms with E-state index in [9.17, 15) is 19.2 Å². The standard InChI is InChI=1S/C29H55N3O5.CH5OP/c1-21(2)12-10-11-17-31-26(35)28(6,7)16-19-37-23(5)15-18-30-25(34)14-13-24(20-33)32-27(36)29(8,9)22(3)4;1-2-3/h20-24H,10-19H2,1-9H3,(H,30,34)(H,31,35)(H,32,36);3H2,1H3. The average Bonchev–Trinajstić information content (AvgIpc) is 2.85. The summed E-state index contributed by atoms with van der Waals surface area (Å²) in [6.45, 7) is 19.5. The van der Waals surface area contributed by atoms with Crippen LogP contribution >= 0.6 is 9.47 Å². The number of ether oxygens (including phenoxy) is 1. The van der Waals surface area contributed by atoms with E-state index in [2.05, 4.69) is 43.8 Å². The van der Waals surface area contributed by atoms with Crippen LogP contribution in [0.2, 0.25) is 0 Å². The smallest absolute Gasteiger partial charge is 0.226 e. The monoisotopic (exact) mass is 589 g/mol. The summed E-state index contributed by atoms with van der Waals surface area (Å²) in [5.74, 6) is 0.518. The Balaban J connectivity index is 0. The second-order valence-electron chi connectivity index (χ2n) is 12.5. The van der Waals surface area contributed by atoms with Crippen LogP contribution in [-0.2, 0) is 28.4 Å². The van der Waals surface area contributed by atoms with E-state index in [1.165, 1.54) is 6.42 Å². The molecule has 0 aromatic carbocycles. The molecule has 3 unspecified atom stereocenters. The Kier molecular flexibility index (Phi) is 22.4. The van der Waals surface area contributed by atoms with Crippen molar-refractivity contribution in [1.82, 2.24) is 16.0 Å². The minimum absolute atomic E-state index is 0.0538. The Bertz CT molecular complexity index is 728. The molecule has 0 radical (unpaired) electrons. The van der Waals surface area contributed by atoms with Crippen LogP contribution < -0.4 is 16.0 Å². The summed E-state index contributed by atoms with van der Waals surface area (Å²) in [6, 6.07) is -0.681. The number of amides is 3. The first kappa shape index (κ1) is 40.6. The number of carbonyl (C=O) groups is 4. The molecule has 0 aliphatic rings. The zero-order valence-corrected chi connectivity index (χ0v) is 28.1. The van der Waals surface area contributed by atoms with Crippen molar-refractivity contribution in [3.8, 4) is 0 Å². The van der Waals surface area contributed by atoms with Gasteiger partial charge in [-0.2, -0.15) is 0 Å². The molecule has 0 spiro atoms. The molecular weight excluding hydrogens is 529 g/mol. The van der Waals surface area contributed by atoms with E-state index in [1.807, 2.05) is 48.5 Å². The van der Waals surface area contributed by atoms with Gasteiger partial charge < -0.3 is 30.0 Å². The Hall–Kier alpha value is -1.57. The van der Waals surface area contributed by atoms with Gasteiger partial charge in [-0.25, -0.2) is 0 Å². The van der Waals surface area contributed by atoms with E-state index in [1.54, 1.807) is 7.11 Å². The van der Waals surface area contributed by atoms with Crippen LogP contribution in [0.1, 0.15) is 107 Å². The van der Waals surface area contributed by atoms with Gasteiger partial charge in [-0.15, -0.1) is 0 Å². The quantitative estimate of drug-likeness (QED) is 0.106. The van der Waals surface area contributed by atoms with E-state index < -0.39 is 16.9 Å². The summed E-state index contributed by atoms with van der Waals surface area (Å²) in [6.07, 6.45) is 5.61. The van der Waals surface area contributed by atoms with Gasteiger partial charge in [-0.1, -0.05) is 68.2 Å². The number of hydrogen-bond acceptors (Lipinski definition) is 6. The maximum atomic E-state index is 12.5. The van der Waals surface area contributed by atoms with Crippen molar-refractivity contribution < 1.29 is 28.4 Å². The van der Waals surface area contributed by atoms with E-state index in [-0.39, 0.29) is 42.6 Å². The van der Waals surface area contributed by atoms with Gasteiger partial charge in [0.1, 0.15) is 6.29 Å². The van der Waals surface area contributed by atoms with Crippen LogP contribution in [0.5, 0.6) is 0 Å². The number of carbonyl (C=O) groups excluding carboxylic acids is 4. The zero-order chi connectivity index (χ0) is 31.4. The molecular formula is C30H60N3O6P. The lowest BCUT2D eigenvalue weighted by Crippen LogP contribution is -2.46. The van der Waals surface area contributed by atoms with Crippen molar-refractivity contribution in [1.29, 1.82) is 0 Å². The summed E-state index contributed by atoms with van der Waals surface area (Å²) < 4.78 is 10.0. The highest BCUT2D eigenvalue weighted by Gasteiger charge is 2.32. The summed E-state index contributed by atoms with van der Waals surface area (Å²) in [5.41, 5.74) is -1.09. The number of nitrogens with one attached hydrogen (secondary N) is 3. The van der Waals surface area contributed by atoms with E-state index in [0.29, 0.717) is 44.7 Å². The molecule has 0 fully saturated rings. The van der Waals surface area contributed by atoms with Gasteiger partial charge in [0.05, 0.1) is 12.1 Å². The molecule has 0 aromatic rings. The molecule has 0 aliphatic carbocycles. The predicted octanol–water partition coefficient (Wildman–Crippen LogP) is 4.83. The molecule has 3 amide bonds. The lowest BCUT2D eigenvalue weighted by atomic mass is 9.80. The third-order valence-electron chi connectivity index (χ3n) is 7.30. The van der Waals surface area contributed by atoms with Crippen molar-refractivity contribution in [2.75, 3.05) is 26.8 Å². The van der Waals surface area contributed by atoms with Crippen LogP contribution in [0.25, 0.3) is 0 Å². The Labute approximate surface area is 246 Å². The summed E-state index contributed by atoms with van der Waals surface area (Å²) in [7, 11) is 3.67. The Morgan fingerprint density at radius 2 is 1.48 bits per heavy atom. The lowest BCUT2D eigenvalue weighted by molar-refractivity contribution is -0.134. The average molecular weight is 590 g/mol. The van der Waals surface area contributed by atoms with E-state index in [0.717, 1.165) is 12.8 Å². The van der Waals surface area contributed by atoms with Crippen LogP contribution in [0.3, 0.4) is 0 Å². The minimum atomic E-state index is -0.681. The Morgan fingerprint density at radius 3 is 2.00 bits per heavy atom. The summed E-state index contributed by atoms with van der Waals surface area (Å²) in [4.78, 5) is 48.5. The lowest BCUT2D eigenvalue weighted by Gasteiger charge is -2.29. The van der Waals surface area contributed by atoms with Crippen LogP contribution in [-0.4, -0.2) is 63.0 Å². The first-order valence-corrected chi connectivity index (χ1v) is 15.2. The SMILES string of the molecule is CC(C)CCCCNC(=O)C(C)(C)CCOC(C)CCNC(=O)CCC(C=O)NC(=O)C(C)(C)C(C)C.COP. The number of unbranched alkanes of at least 4 members (excludes halogenated alkanes) is 1. The van der Waals surface area contributed by atoms with E-state index >= 15 is 0 Å². The fourth-order valence-corrected chi connectivity index (χ4v) is 3.41. The Morgan fingerprint density at radius 1 is 0.875 bits per heavy atom. The van der Waals surface area contributed by atoms with E-state index in [4.69, 9.17) is 4.74 Å². The maximum absolute atomic E-state index is 12.5. The molecule has 40 heavy (non-hydrogen) atoms. The number of aldehydes is 1. The molecule has 236 valence electrons. The minimum Gasteiger partial charge on any atom is -0.378 e. The zero-order valence-electron chi connectivity index (χ0n) is 27.0. The third-order valence-corrected chi connectivity index (χ3v) is 7.30. The van der Waals surface area contributed by atoms with Crippen LogP contribution in [0.4, 0.5) is 0 Å². The highest BCUT2D eigenvalue weighted by atomic mass is 31.0. The molecule has 0 heterocycles. The highest BCUT2D eigenvalue weighted by Crippen LogP contribution is 2.26. The van der Waals surface area contributed by atoms with Gasteiger partial charge in [0.2, 0.25) is 17.7 Å². The second-order valence-corrected chi connectivity index (χ2v) is 12.9. The molecule has 10 heteroatoms. The number of rotatable bonds is 20. The van der Waals surface area contributed by atoms with Gasteiger partial charge in [0.15, 0.2) is 0 Å². The molecule has 0 bridgehead atoms. The third kappa shape index (κ3) is 19.5. The first-order valence-electron chi connectivity index (χ1n) is 14.7. The van der Waals surface area contributed by atoms with Gasteiger partial charge in [-0.05, 0) is 53.9 Å². The van der Waals surface area contributed by atoms with Gasteiger partial charge in [-0.3, -0.25) is 14.4 Å². The molecule has 0 aliphatic heterocycles. The van der Waals surface area contributed by atoms with Crippen molar-refractivity contribution in [2.24, 2.45) is 22.7 Å². The normalized spacial score (nSPS) is 13.2. The maximum Gasteiger partial charge on any atom is 0.226 e. The van der Waals surface area contributed by atoms with Gasteiger partial charge >= 0.3 is 0 Å². The summed E-state index contributed by atoms with van der Waals surface area (Å²) in [5, 5.41) is 8.64. The predicted molar refractivity (Wildman–Crippen MR) is 166 cm³/mol. The van der Waals surface area contributed by atoms with Gasteiger partial charge in [0.25, 0.3) is 0 Å². The topological polar surface area (TPSA) is 123 Å². The van der Waals surface area contributed by atoms with Crippen molar-refractivity contribution in [3.05, 3.63) is 0 Å². The molecule has 3 atom stereocenters. The second kappa shape index (κ2) is 22.1. The fraction of sp³-hybridized carbons (Fsp3) is 0.867. The largest absolute Gasteiger partial charge is 0.378 e. The van der Waals surface area contributed by atoms with Crippen molar-refractivity contribution in [2.45, 2.75) is 119 Å². The van der Waals surface area contributed by atoms with Crippen LogP contribution in [0, 0.1) is 22.7 Å². The fourth-order valence-electron chi connectivity index (χ4n) is 3.41. The number of hydrogen-bond donors (Lipinski definition) is 3. The molecule has 0 saturated heterocycles. The molecule has 3 N–H and O–H groups in total. The molecule has 0 rings (SSSR count). The van der Waals surface area contributed by atoms with Crippen LogP contribution in [0.15, 0.2) is 0 Å².